The van der Waals surface area contributed by atoms with Gasteiger partial charge in [0.05, 0.1) is 0 Å². The molecule has 3 N–H and O–H groups in total. The fourth-order valence-electron chi connectivity index (χ4n) is 3.89. The second kappa shape index (κ2) is 9.36. The van der Waals surface area contributed by atoms with Gasteiger partial charge in [-0.2, -0.15) is 0 Å². The first-order valence-electron chi connectivity index (χ1n) is 10.8. The average molecular weight is 415 g/mol. The number of carbonyl (C=O) groups excluding carboxylic acids is 2. The highest BCUT2D eigenvalue weighted by atomic mass is 16.2. The van der Waals surface area contributed by atoms with E-state index in [0.29, 0.717) is 32.0 Å². The predicted molar refractivity (Wildman–Crippen MR) is 120 cm³/mol. The van der Waals surface area contributed by atoms with E-state index in [1.807, 2.05) is 6.92 Å². The molecule has 0 spiro atoms. The molecular weight excluding hydrogens is 380 g/mol. The lowest BCUT2D eigenvalue weighted by Crippen LogP contribution is -2.45. The highest BCUT2D eigenvalue weighted by Gasteiger charge is 2.45. The first-order valence-corrected chi connectivity index (χ1v) is 10.8. The predicted octanol–water partition coefficient (Wildman–Crippen LogP) is 1.85. The summed E-state index contributed by atoms with van der Waals surface area (Å²) in [6.07, 6.45) is 2.30. The molecule has 164 valence electrons. The van der Waals surface area contributed by atoms with Crippen LogP contribution < -0.4 is 20.9 Å². The third-order valence-corrected chi connectivity index (χ3v) is 6.06. The van der Waals surface area contributed by atoms with Crippen LogP contribution in [0, 0.1) is 6.92 Å². The molecule has 0 bridgehead atoms. The summed E-state index contributed by atoms with van der Waals surface area (Å²) in [7, 11) is 1.76. The molecule has 0 aliphatic carbocycles. The molecule has 2 atom stereocenters. The van der Waals surface area contributed by atoms with E-state index in [9.17, 15) is 9.59 Å². The Labute approximate surface area is 179 Å². The van der Waals surface area contributed by atoms with Gasteiger partial charge < -0.3 is 20.9 Å². The van der Waals surface area contributed by atoms with Crippen molar-refractivity contribution in [2.75, 3.05) is 38.1 Å². The third-order valence-electron chi connectivity index (χ3n) is 6.06. The lowest BCUT2D eigenvalue weighted by molar-refractivity contribution is -0.130. The SMILES string of the molecule is CCC1(C)NC(=O)N(CCCNC(=NC)NC2CCN(c3ccc(C)cc3)C2)C1=O. The molecule has 1 aromatic carbocycles. The van der Waals surface area contributed by atoms with E-state index < -0.39 is 5.54 Å². The number of hydrogen-bond acceptors (Lipinski definition) is 4. The van der Waals surface area contributed by atoms with Crippen molar-refractivity contribution in [3.8, 4) is 0 Å². The molecule has 30 heavy (non-hydrogen) atoms. The van der Waals surface area contributed by atoms with Gasteiger partial charge in [0, 0.05) is 45.0 Å². The average Bonchev–Trinajstić information content (AvgIpc) is 3.28. The number of carbonyl (C=O) groups is 2. The largest absolute Gasteiger partial charge is 0.369 e. The zero-order chi connectivity index (χ0) is 21.7. The van der Waals surface area contributed by atoms with Gasteiger partial charge in [0.1, 0.15) is 5.54 Å². The molecule has 2 heterocycles. The number of benzene rings is 1. The first kappa shape index (κ1) is 21.9. The van der Waals surface area contributed by atoms with Gasteiger partial charge in [-0.1, -0.05) is 24.6 Å². The van der Waals surface area contributed by atoms with Gasteiger partial charge in [-0.05, 0) is 45.2 Å². The summed E-state index contributed by atoms with van der Waals surface area (Å²) in [5.74, 6) is 0.612. The molecular formula is C22H34N6O2. The Bertz CT molecular complexity index is 793. The summed E-state index contributed by atoms with van der Waals surface area (Å²) in [6.45, 7) is 8.76. The van der Waals surface area contributed by atoms with Crippen LogP contribution in [0.4, 0.5) is 10.5 Å². The van der Waals surface area contributed by atoms with Gasteiger partial charge in [-0.15, -0.1) is 0 Å². The van der Waals surface area contributed by atoms with Crippen molar-refractivity contribution in [1.29, 1.82) is 0 Å². The number of hydrogen-bond donors (Lipinski definition) is 3. The number of aryl methyl sites for hydroxylation is 1. The summed E-state index contributed by atoms with van der Waals surface area (Å²) in [5, 5.41) is 9.57. The van der Waals surface area contributed by atoms with Crippen LogP contribution in [0.2, 0.25) is 0 Å². The van der Waals surface area contributed by atoms with E-state index in [1.165, 1.54) is 16.2 Å². The monoisotopic (exact) mass is 414 g/mol. The molecule has 2 unspecified atom stereocenters. The van der Waals surface area contributed by atoms with Gasteiger partial charge in [0.15, 0.2) is 5.96 Å². The minimum absolute atomic E-state index is 0.139. The molecule has 2 saturated heterocycles. The molecule has 0 saturated carbocycles. The smallest absolute Gasteiger partial charge is 0.325 e. The van der Waals surface area contributed by atoms with Gasteiger partial charge in [0.25, 0.3) is 5.91 Å². The number of urea groups is 1. The van der Waals surface area contributed by atoms with Crippen LogP contribution in [0.25, 0.3) is 0 Å². The summed E-state index contributed by atoms with van der Waals surface area (Å²) in [4.78, 5) is 32.5. The Kier molecular flexibility index (Phi) is 6.84. The number of rotatable bonds is 7. The van der Waals surface area contributed by atoms with E-state index in [-0.39, 0.29) is 11.9 Å². The van der Waals surface area contributed by atoms with Gasteiger partial charge in [-0.3, -0.25) is 14.7 Å². The second-order valence-corrected chi connectivity index (χ2v) is 8.34. The molecule has 2 aliphatic rings. The number of anilines is 1. The zero-order valence-electron chi connectivity index (χ0n) is 18.5. The van der Waals surface area contributed by atoms with Crippen LogP contribution in [0.15, 0.2) is 29.3 Å². The summed E-state index contributed by atoms with van der Waals surface area (Å²) in [5.41, 5.74) is 1.75. The van der Waals surface area contributed by atoms with E-state index in [1.54, 1.807) is 14.0 Å². The Morgan fingerprint density at radius 2 is 2.03 bits per heavy atom. The minimum Gasteiger partial charge on any atom is -0.369 e. The molecule has 0 radical (unpaired) electrons. The number of guanidine groups is 1. The van der Waals surface area contributed by atoms with E-state index in [0.717, 1.165) is 25.5 Å². The molecule has 2 fully saturated rings. The number of amides is 3. The van der Waals surface area contributed by atoms with Crippen LogP contribution >= 0.6 is 0 Å². The van der Waals surface area contributed by atoms with Crippen LogP contribution in [-0.2, 0) is 4.79 Å². The highest BCUT2D eigenvalue weighted by molar-refractivity contribution is 6.06. The van der Waals surface area contributed by atoms with Crippen LogP contribution in [-0.4, -0.2) is 67.6 Å². The van der Waals surface area contributed by atoms with Crippen molar-refractivity contribution in [3.05, 3.63) is 29.8 Å². The number of nitrogens with zero attached hydrogens (tertiary/aromatic N) is 3. The Morgan fingerprint density at radius 1 is 1.30 bits per heavy atom. The molecule has 2 aliphatic heterocycles. The molecule has 3 rings (SSSR count). The van der Waals surface area contributed by atoms with Crippen LogP contribution in [0.5, 0.6) is 0 Å². The molecule has 0 aromatic heterocycles. The van der Waals surface area contributed by atoms with E-state index in [2.05, 4.69) is 57.0 Å². The summed E-state index contributed by atoms with van der Waals surface area (Å²) >= 11 is 0. The summed E-state index contributed by atoms with van der Waals surface area (Å²) < 4.78 is 0. The van der Waals surface area contributed by atoms with Crippen molar-refractivity contribution in [2.45, 2.75) is 51.6 Å². The lowest BCUT2D eigenvalue weighted by atomic mass is 9.99. The topological polar surface area (TPSA) is 89.1 Å². The van der Waals surface area contributed by atoms with Crippen LogP contribution in [0.3, 0.4) is 0 Å². The highest BCUT2D eigenvalue weighted by Crippen LogP contribution is 2.21. The van der Waals surface area contributed by atoms with E-state index >= 15 is 0 Å². The van der Waals surface area contributed by atoms with Crippen molar-refractivity contribution in [1.82, 2.24) is 20.9 Å². The Hall–Kier alpha value is -2.77. The molecule has 3 amide bonds. The Morgan fingerprint density at radius 3 is 2.67 bits per heavy atom. The lowest BCUT2D eigenvalue weighted by Gasteiger charge is -2.21. The fraction of sp³-hybridized carbons (Fsp3) is 0.591. The first-order chi connectivity index (χ1) is 14.4. The maximum absolute atomic E-state index is 12.4. The Balaban J connectivity index is 1.41. The number of imide groups is 1. The van der Waals surface area contributed by atoms with Crippen LogP contribution in [0.1, 0.15) is 38.7 Å². The van der Waals surface area contributed by atoms with Crippen molar-refractivity contribution < 1.29 is 9.59 Å². The molecule has 8 nitrogen and oxygen atoms in total. The maximum Gasteiger partial charge on any atom is 0.325 e. The normalized spacial score (nSPS) is 24.4. The standard InChI is InChI=1S/C22H34N6O2/c1-5-22(3)19(29)28(21(30)26-22)13-6-12-24-20(23-4)25-17-11-14-27(15-17)18-9-7-16(2)8-10-18/h7-10,17H,5-6,11-15H2,1-4H3,(H,26,30)(H2,23,24,25). The fourth-order valence-corrected chi connectivity index (χ4v) is 3.89. The molecule has 1 aromatic rings. The zero-order valence-corrected chi connectivity index (χ0v) is 18.5. The van der Waals surface area contributed by atoms with Gasteiger partial charge >= 0.3 is 6.03 Å². The number of nitrogens with one attached hydrogen (secondary N) is 3. The van der Waals surface area contributed by atoms with Gasteiger partial charge in [-0.25, -0.2) is 4.79 Å². The minimum atomic E-state index is -0.770. The van der Waals surface area contributed by atoms with Crippen molar-refractivity contribution in [3.63, 3.8) is 0 Å². The summed E-state index contributed by atoms with van der Waals surface area (Å²) in [6, 6.07) is 8.66. The maximum atomic E-state index is 12.4. The number of aliphatic imine (C=N–C) groups is 1. The third kappa shape index (κ3) is 4.86. The van der Waals surface area contributed by atoms with Gasteiger partial charge in [0.2, 0.25) is 0 Å². The molecule has 8 heteroatoms. The second-order valence-electron chi connectivity index (χ2n) is 8.34. The van der Waals surface area contributed by atoms with E-state index in [4.69, 9.17) is 0 Å². The quantitative estimate of drug-likeness (QED) is 0.274. The van der Waals surface area contributed by atoms with Crippen molar-refractivity contribution in [2.24, 2.45) is 4.99 Å². The van der Waals surface area contributed by atoms with Crippen molar-refractivity contribution >= 4 is 23.6 Å².